The van der Waals surface area contributed by atoms with E-state index in [4.69, 9.17) is 24.0 Å². The van der Waals surface area contributed by atoms with Crippen LogP contribution in [0.5, 0.6) is 0 Å². The van der Waals surface area contributed by atoms with E-state index in [0.29, 0.717) is 31.5 Å². The Balaban J connectivity index is 2.15. The molecule has 0 aromatic carbocycles. The molecule has 0 aromatic heterocycles. The molecule has 1 saturated heterocycles. The molecule has 0 spiro atoms. The highest BCUT2D eigenvalue weighted by atomic mass is 31.2. The van der Waals surface area contributed by atoms with Crippen molar-refractivity contribution in [3.63, 3.8) is 0 Å². The smallest absolute Gasteiger partial charge is 0.462 e. The number of phosphoric acid groups is 1. The van der Waals surface area contributed by atoms with E-state index in [-0.39, 0.29) is 19.4 Å². The fraction of sp³-hybridized carbons (Fsp3) is 0.707. The molecule has 2 unspecified atom stereocenters. The summed E-state index contributed by atoms with van der Waals surface area (Å²) in [6, 6.07) is 0. The summed E-state index contributed by atoms with van der Waals surface area (Å²) in [6.07, 6.45) is 42.6. The normalized spacial score (nSPS) is 17.1. The zero-order valence-electron chi connectivity index (χ0n) is 31.7. The van der Waals surface area contributed by atoms with Crippen molar-refractivity contribution in [1.29, 1.82) is 0 Å². The van der Waals surface area contributed by atoms with E-state index in [1.54, 1.807) is 0 Å². The lowest BCUT2D eigenvalue weighted by Crippen LogP contribution is -2.29. The Bertz CT molecular complexity index is 1080. The molecule has 0 saturated carbocycles. The minimum atomic E-state index is -4.78. The second kappa shape index (κ2) is 32.4. The first-order chi connectivity index (χ1) is 24.7. The highest BCUT2D eigenvalue weighted by Crippen LogP contribution is 2.36. The van der Waals surface area contributed by atoms with Gasteiger partial charge in [-0.25, -0.2) is 4.57 Å². The lowest BCUT2D eigenvalue weighted by atomic mass is 10.1. The van der Waals surface area contributed by atoms with E-state index in [0.717, 1.165) is 64.2 Å². The van der Waals surface area contributed by atoms with Gasteiger partial charge in [-0.2, -0.15) is 0 Å². The SMILES string of the molecule is CCCCC/C=C\CC1OC1C/C=C\C/C=C\CCCC(=O)O[C@H](COC(=O)CCCCCCC/C=C\C=C/CCCCCC)COP(=O)(O)O. The van der Waals surface area contributed by atoms with Crippen molar-refractivity contribution in [2.45, 2.75) is 173 Å². The molecule has 1 aliphatic rings. The number of carbonyl (C=O) groups excluding carboxylic acids is 2. The number of epoxide rings is 1. The average molecular weight is 737 g/mol. The van der Waals surface area contributed by atoms with Crippen LogP contribution in [-0.2, 0) is 32.9 Å². The molecule has 3 atom stereocenters. The van der Waals surface area contributed by atoms with Gasteiger partial charge in [-0.3, -0.25) is 14.1 Å². The second-order valence-corrected chi connectivity index (χ2v) is 14.6. The summed E-state index contributed by atoms with van der Waals surface area (Å²) in [5, 5.41) is 0. The van der Waals surface area contributed by atoms with Crippen molar-refractivity contribution in [1.82, 2.24) is 0 Å². The van der Waals surface area contributed by atoms with Crippen LogP contribution in [0.2, 0.25) is 0 Å². The summed E-state index contributed by atoms with van der Waals surface area (Å²) in [7, 11) is -4.78. The second-order valence-electron chi connectivity index (χ2n) is 13.3. The van der Waals surface area contributed by atoms with Crippen molar-refractivity contribution in [2.75, 3.05) is 13.2 Å². The Hall–Kier alpha value is -2.29. The van der Waals surface area contributed by atoms with E-state index in [1.165, 1.54) is 44.9 Å². The summed E-state index contributed by atoms with van der Waals surface area (Å²) in [6.45, 7) is 3.55. The maximum absolute atomic E-state index is 12.4. The predicted octanol–water partition coefficient (Wildman–Crippen LogP) is 10.7. The van der Waals surface area contributed by atoms with E-state index >= 15 is 0 Å². The van der Waals surface area contributed by atoms with E-state index < -0.39 is 32.5 Å². The van der Waals surface area contributed by atoms with E-state index in [9.17, 15) is 14.2 Å². The molecule has 1 heterocycles. The fourth-order valence-electron chi connectivity index (χ4n) is 5.34. The van der Waals surface area contributed by atoms with Crippen molar-refractivity contribution in [3.8, 4) is 0 Å². The minimum Gasteiger partial charge on any atom is -0.462 e. The number of ether oxygens (including phenoxy) is 3. The van der Waals surface area contributed by atoms with Gasteiger partial charge >= 0.3 is 19.8 Å². The highest BCUT2D eigenvalue weighted by molar-refractivity contribution is 7.46. The van der Waals surface area contributed by atoms with Gasteiger partial charge < -0.3 is 24.0 Å². The monoisotopic (exact) mass is 736 g/mol. The highest BCUT2D eigenvalue weighted by Gasteiger charge is 2.36. The molecular weight excluding hydrogens is 667 g/mol. The lowest BCUT2D eigenvalue weighted by molar-refractivity contribution is -0.161. The largest absolute Gasteiger partial charge is 0.469 e. The van der Waals surface area contributed by atoms with Gasteiger partial charge in [-0.15, -0.1) is 0 Å². The van der Waals surface area contributed by atoms with Gasteiger partial charge in [-0.1, -0.05) is 126 Å². The zero-order chi connectivity index (χ0) is 37.3. The van der Waals surface area contributed by atoms with Crippen LogP contribution in [-0.4, -0.2) is 53.3 Å². The van der Waals surface area contributed by atoms with Gasteiger partial charge in [0.15, 0.2) is 6.10 Å². The fourth-order valence-corrected chi connectivity index (χ4v) is 5.70. The molecular formula is C41H69O9P. The van der Waals surface area contributed by atoms with Crippen LogP contribution in [0.1, 0.15) is 155 Å². The molecule has 1 fully saturated rings. The molecule has 9 nitrogen and oxygen atoms in total. The van der Waals surface area contributed by atoms with Crippen molar-refractivity contribution < 1.29 is 42.7 Å². The Kier molecular flexibility index (Phi) is 29.7. The Morgan fingerprint density at radius 3 is 1.82 bits per heavy atom. The topological polar surface area (TPSA) is 132 Å². The first kappa shape index (κ1) is 46.7. The van der Waals surface area contributed by atoms with Crippen molar-refractivity contribution in [3.05, 3.63) is 60.8 Å². The summed E-state index contributed by atoms with van der Waals surface area (Å²) >= 11 is 0. The zero-order valence-corrected chi connectivity index (χ0v) is 32.6. The van der Waals surface area contributed by atoms with Crippen LogP contribution >= 0.6 is 7.82 Å². The van der Waals surface area contributed by atoms with E-state index in [2.05, 4.69) is 73.1 Å². The van der Waals surface area contributed by atoms with Gasteiger partial charge in [0.25, 0.3) is 0 Å². The summed E-state index contributed by atoms with van der Waals surface area (Å²) in [4.78, 5) is 42.8. The summed E-state index contributed by atoms with van der Waals surface area (Å²) in [5.74, 6) is -0.979. The van der Waals surface area contributed by atoms with Gasteiger partial charge in [0, 0.05) is 12.8 Å². The van der Waals surface area contributed by atoms with Crippen LogP contribution in [0, 0.1) is 0 Å². The molecule has 292 valence electrons. The first-order valence-electron chi connectivity index (χ1n) is 19.7. The Morgan fingerprint density at radius 1 is 0.627 bits per heavy atom. The lowest BCUT2D eigenvalue weighted by Gasteiger charge is -2.18. The average Bonchev–Trinajstić information content (AvgIpc) is 3.85. The maximum Gasteiger partial charge on any atom is 0.469 e. The maximum atomic E-state index is 12.4. The predicted molar refractivity (Wildman–Crippen MR) is 206 cm³/mol. The molecule has 0 bridgehead atoms. The summed E-state index contributed by atoms with van der Waals surface area (Å²) < 4.78 is 32.0. The van der Waals surface area contributed by atoms with Crippen LogP contribution in [0.25, 0.3) is 0 Å². The van der Waals surface area contributed by atoms with Crippen molar-refractivity contribution >= 4 is 19.8 Å². The number of phosphoric ester groups is 1. The molecule has 1 aliphatic heterocycles. The third-order valence-corrected chi connectivity index (χ3v) is 8.92. The van der Waals surface area contributed by atoms with Gasteiger partial charge in [0.05, 0.1) is 18.8 Å². The third-order valence-electron chi connectivity index (χ3n) is 8.44. The van der Waals surface area contributed by atoms with Gasteiger partial charge in [0.1, 0.15) is 6.61 Å². The number of unbranched alkanes of at least 4 members (excludes halogenated alkanes) is 13. The Morgan fingerprint density at radius 2 is 1.14 bits per heavy atom. The number of esters is 2. The molecule has 0 aliphatic carbocycles. The standard InChI is InChI=1S/C41H69O9P/c1-3-5-7-9-11-12-13-14-15-16-17-18-21-25-29-33-40(42)47-35-37(36-48-51(44,45)46)49-41(43)34-30-26-22-19-20-24-28-32-39-38(50-39)31-27-23-10-8-6-4-2/h12-15,19,22-24,27-28,37-39H,3-11,16-18,20-21,25-26,29-36H2,1-2H3,(H2,44,45,46)/b13-12-,15-14-,22-19-,27-23-,28-24-/t37-,38?,39?/m1/s1. The van der Waals surface area contributed by atoms with Crippen LogP contribution in [0.3, 0.4) is 0 Å². The Labute approximate surface area is 309 Å². The molecule has 51 heavy (non-hydrogen) atoms. The van der Waals surface area contributed by atoms with Crippen molar-refractivity contribution in [2.24, 2.45) is 0 Å². The third kappa shape index (κ3) is 32.1. The molecule has 0 radical (unpaired) electrons. The quantitative estimate of drug-likeness (QED) is 0.0165. The molecule has 0 amide bonds. The van der Waals surface area contributed by atoms with E-state index in [1.807, 2.05) is 6.08 Å². The van der Waals surface area contributed by atoms with Crippen LogP contribution in [0.4, 0.5) is 0 Å². The number of rotatable bonds is 34. The number of carbonyl (C=O) groups is 2. The number of allylic oxidation sites excluding steroid dienone is 8. The minimum absolute atomic E-state index is 0.125. The van der Waals surface area contributed by atoms with Crippen LogP contribution in [0.15, 0.2) is 60.8 Å². The summed E-state index contributed by atoms with van der Waals surface area (Å²) in [5.41, 5.74) is 0. The molecule has 10 heteroatoms. The first-order valence-corrected chi connectivity index (χ1v) is 21.3. The molecule has 0 aromatic rings. The van der Waals surface area contributed by atoms with Crippen LogP contribution < -0.4 is 0 Å². The molecule has 1 rings (SSSR count). The van der Waals surface area contributed by atoms with Gasteiger partial charge in [0.2, 0.25) is 0 Å². The number of hydrogen-bond acceptors (Lipinski definition) is 7. The number of hydrogen-bond donors (Lipinski definition) is 2. The molecule has 2 N–H and O–H groups in total. The van der Waals surface area contributed by atoms with Gasteiger partial charge in [-0.05, 0) is 77.0 Å².